The number of hydrogen-bond donors (Lipinski definition) is 1. The smallest absolute Gasteiger partial charge is 0.337 e. The van der Waals surface area contributed by atoms with Crippen LogP contribution >= 0.6 is 11.8 Å². The number of carboxylic acid groups (broad SMARTS) is 1. The van der Waals surface area contributed by atoms with Crippen molar-refractivity contribution in [2.24, 2.45) is 0 Å². The summed E-state index contributed by atoms with van der Waals surface area (Å²) < 4.78 is 0. The minimum absolute atomic E-state index is 0.509. The number of benzene rings is 1. The maximum atomic E-state index is 10.9. The van der Waals surface area contributed by atoms with Crippen LogP contribution in [0, 0.1) is 0 Å². The van der Waals surface area contributed by atoms with Gasteiger partial charge in [0.1, 0.15) is 0 Å². The highest BCUT2D eigenvalue weighted by atomic mass is 32.2. The lowest BCUT2D eigenvalue weighted by atomic mass is 10.4. The van der Waals surface area contributed by atoms with Gasteiger partial charge in [0, 0.05) is 11.9 Å². The van der Waals surface area contributed by atoms with Crippen molar-refractivity contribution in [3.8, 4) is 0 Å². The summed E-state index contributed by atoms with van der Waals surface area (Å²) in [6, 6.07) is 9.10. The second-order valence-electron chi connectivity index (χ2n) is 2.89. The molecule has 0 radical (unpaired) electrons. The number of carbonyl (C=O) groups is 2. The maximum Gasteiger partial charge on any atom is 0.337 e. The Morgan fingerprint density at radius 1 is 1.47 bits per heavy atom. The van der Waals surface area contributed by atoms with Crippen LogP contribution in [0.4, 0.5) is 0 Å². The highest BCUT2D eigenvalue weighted by Gasteiger charge is 2.22. The predicted molar refractivity (Wildman–Crippen MR) is 57.5 cm³/mol. The Morgan fingerprint density at radius 2 is 2.07 bits per heavy atom. The van der Waals surface area contributed by atoms with Crippen molar-refractivity contribution >= 4 is 24.1 Å². The van der Waals surface area contributed by atoms with Gasteiger partial charge >= 0.3 is 5.97 Å². The molecule has 5 heteroatoms. The molecule has 0 aliphatic heterocycles. The third-order valence-electron chi connectivity index (χ3n) is 1.74. The van der Waals surface area contributed by atoms with E-state index in [-0.39, 0.29) is 0 Å². The summed E-state index contributed by atoms with van der Waals surface area (Å²) in [5.41, 5.74) is 0. The number of amides is 1. The summed E-state index contributed by atoms with van der Waals surface area (Å²) in [4.78, 5) is 23.3. The number of carbonyl (C=O) groups excluding carboxylic acids is 1. The molecule has 0 aliphatic rings. The van der Waals surface area contributed by atoms with Crippen molar-refractivity contribution in [3.63, 3.8) is 0 Å². The van der Waals surface area contributed by atoms with E-state index >= 15 is 0 Å². The number of rotatable bonds is 5. The molecule has 1 atom stereocenters. The van der Waals surface area contributed by atoms with Gasteiger partial charge in [-0.1, -0.05) is 30.0 Å². The van der Waals surface area contributed by atoms with E-state index in [0.29, 0.717) is 6.41 Å². The van der Waals surface area contributed by atoms with E-state index in [4.69, 9.17) is 5.11 Å². The quantitative estimate of drug-likeness (QED) is 0.466. The Kier molecular flexibility index (Phi) is 4.17. The molecule has 15 heavy (non-hydrogen) atoms. The Morgan fingerprint density at radius 3 is 2.53 bits per heavy atom. The molecule has 1 rings (SSSR count). The molecule has 0 heterocycles. The lowest BCUT2D eigenvalue weighted by molar-refractivity contribution is -0.141. The molecule has 1 unspecified atom stereocenters. The predicted octanol–water partition coefficient (Wildman–Crippen LogP) is 1.28. The standard InChI is InChI=1S/C10H11NO3S/c1-11(7-12)9(10(13)14)15-8-5-3-2-4-6-8/h2-7,9H,1H3,(H,13,14). The molecular weight excluding hydrogens is 214 g/mol. The summed E-state index contributed by atoms with van der Waals surface area (Å²) >= 11 is 1.12. The monoisotopic (exact) mass is 225 g/mol. The fourth-order valence-electron chi connectivity index (χ4n) is 0.991. The zero-order valence-electron chi connectivity index (χ0n) is 8.16. The Balaban J connectivity index is 2.76. The molecule has 0 aromatic heterocycles. The van der Waals surface area contributed by atoms with Gasteiger partial charge in [-0.25, -0.2) is 4.79 Å². The molecule has 80 valence electrons. The highest BCUT2D eigenvalue weighted by molar-refractivity contribution is 8.00. The molecule has 0 spiro atoms. The van der Waals surface area contributed by atoms with Crippen LogP contribution in [-0.4, -0.2) is 34.8 Å². The van der Waals surface area contributed by atoms with Gasteiger partial charge in [-0.3, -0.25) is 4.79 Å². The summed E-state index contributed by atoms with van der Waals surface area (Å²) in [6.07, 6.45) is 0.509. The third kappa shape index (κ3) is 3.28. The van der Waals surface area contributed by atoms with Crippen LogP contribution in [0.15, 0.2) is 35.2 Å². The van der Waals surface area contributed by atoms with Gasteiger partial charge in [0.05, 0.1) is 0 Å². The second kappa shape index (κ2) is 5.41. The molecule has 0 bridgehead atoms. The molecule has 0 saturated heterocycles. The van der Waals surface area contributed by atoms with Gasteiger partial charge in [0.15, 0.2) is 5.37 Å². The number of hydrogen-bond acceptors (Lipinski definition) is 3. The first-order valence-corrected chi connectivity index (χ1v) is 5.15. The molecule has 1 aromatic rings. The largest absolute Gasteiger partial charge is 0.479 e. The zero-order valence-corrected chi connectivity index (χ0v) is 8.98. The van der Waals surface area contributed by atoms with Crippen molar-refractivity contribution in [1.29, 1.82) is 0 Å². The van der Waals surface area contributed by atoms with Crippen molar-refractivity contribution in [2.45, 2.75) is 10.3 Å². The Bertz CT molecular complexity index is 342. The number of nitrogens with zero attached hydrogens (tertiary/aromatic N) is 1. The van der Waals surface area contributed by atoms with Gasteiger partial charge in [-0.2, -0.15) is 0 Å². The minimum Gasteiger partial charge on any atom is -0.479 e. The van der Waals surface area contributed by atoms with Crippen molar-refractivity contribution < 1.29 is 14.7 Å². The highest BCUT2D eigenvalue weighted by Crippen LogP contribution is 2.24. The number of likely N-dealkylation sites (N-methyl/N-ethyl adjacent to an activating group) is 1. The van der Waals surface area contributed by atoms with Crippen LogP contribution < -0.4 is 0 Å². The van der Waals surface area contributed by atoms with Crippen LogP contribution in [0.25, 0.3) is 0 Å². The SMILES string of the molecule is CN(C=O)C(Sc1ccccc1)C(=O)O. The van der Waals surface area contributed by atoms with Gasteiger partial charge in [-0.15, -0.1) is 0 Å². The third-order valence-corrected chi connectivity index (χ3v) is 3.04. The normalized spacial score (nSPS) is 11.8. The molecule has 1 aromatic carbocycles. The summed E-state index contributed by atoms with van der Waals surface area (Å²) in [5, 5.41) is 8.03. The summed E-state index contributed by atoms with van der Waals surface area (Å²) in [7, 11) is 1.45. The van der Waals surface area contributed by atoms with E-state index in [9.17, 15) is 9.59 Å². The number of carboxylic acids is 1. The van der Waals surface area contributed by atoms with E-state index in [1.807, 2.05) is 18.2 Å². The first kappa shape index (κ1) is 11.6. The molecule has 1 N–H and O–H groups in total. The van der Waals surface area contributed by atoms with E-state index < -0.39 is 11.3 Å². The van der Waals surface area contributed by atoms with Crippen molar-refractivity contribution in [2.75, 3.05) is 7.05 Å². The van der Waals surface area contributed by atoms with Gasteiger partial charge in [-0.05, 0) is 12.1 Å². The zero-order chi connectivity index (χ0) is 11.3. The van der Waals surface area contributed by atoms with Crippen LogP contribution in [0.1, 0.15) is 0 Å². The topological polar surface area (TPSA) is 57.6 Å². The average Bonchev–Trinajstić information content (AvgIpc) is 2.26. The van der Waals surface area contributed by atoms with E-state index in [1.165, 1.54) is 7.05 Å². The summed E-state index contributed by atoms with van der Waals surface area (Å²) in [5.74, 6) is -1.03. The first-order chi connectivity index (χ1) is 7.15. The van der Waals surface area contributed by atoms with Crippen molar-refractivity contribution in [3.05, 3.63) is 30.3 Å². The Hall–Kier alpha value is -1.49. The molecule has 0 fully saturated rings. The fraction of sp³-hybridized carbons (Fsp3) is 0.200. The lowest BCUT2D eigenvalue weighted by Gasteiger charge is -2.19. The average molecular weight is 225 g/mol. The van der Waals surface area contributed by atoms with Crippen LogP contribution in [0.5, 0.6) is 0 Å². The lowest BCUT2D eigenvalue weighted by Crippen LogP contribution is -2.34. The van der Waals surface area contributed by atoms with Crippen LogP contribution in [0.2, 0.25) is 0 Å². The first-order valence-electron chi connectivity index (χ1n) is 4.27. The van der Waals surface area contributed by atoms with E-state index in [0.717, 1.165) is 21.6 Å². The van der Waals surface area contributed by atoms with Gasteiger partial charge in [0.2, 0.25) is 6.41 Å². The fourth-order valence-corrected chi connectivity index (χ4v) is 1.88. The molecule has 4 nitrogen and oxygen atoms in total. The molecule has 0 saturated carbocycles. The minimum atomic E-state index is -1.03. The number of aliphatic carboxylic acids is 1. The second-order valence-corrected chi connectivity index (χ2v) is 4.05. The van der Waals surface area contributed by atoms with Crippen molar-refractivity contribution in [1.82, 2.24) is 4.90 Å². The maximum absolute atomic E-state index is 10.9. The van der Waals surface area contributed by atoms with Crippen LogP contribution in [0.3, 0.4) is 0 Å². The molecule has 1 amide bonds. The van der Waals surface area contributed by atoms with Gasteiger partial charge in [0.25, 0.3) is 0 Å². The van der Waals surface area contributed by atoms with E-state index in [2.05, 4.69) is 0 Å². The molecular formula is C10H11NO3S. The van der Waals surface area contributed by atoms with Crippen LogP contribution in [-0.2, 0) is 9.59 Å². The van der Waals surface area contributed by atoms with Gasteiger partial charge < -0.3 is 10.0 Å². The molecule has 0 aliphatic carbocycles. The van der Waals surface area contributed by atoms with E-state index in [1.54, 1.807) is 12.1 Å². The Labute approximate surface area is 91.9 Å². The number of thioether (sulfide) groups is 1. The summed E-state index contributed by atoms with van der Waals surface area (Å²) in [6.45, 7) is 0.